The Morgan fingerprint density at radius 1 is 1.07 bits per heavy atom. The minimum Gasteiger partial charge on any atom is -0.312 e. The van der Waals surface area contributed by atoms with E-state index in [2.05, 4.69) is 89.3 Å². The van der Waals surface area contributed by atoms with Gasteiger partial charge in [0.2, 0.25) is 0 Å². The first-order valence-electron chi connectivity index (χ1n) is 9.61. The Balaban J connectivity index is 1.51. The number of aromatic nitrogens is 5. The first kappa shape index (κ1) is 19.4. The van der Waals surface area contributed by atoms with E-state index in [0.29, 0.717) is 0 Å². The van der Waals surface area contributed by atoms with Crippen molar-refractivity contribution < 1.29 is 0 Å². The van der Waals surface area contributed by atoms with E-state index < -0.39 is 0 Å². The summed E-state index contributed by atoms with van der Waals surface area (Å²) < 4.78 is 1.97. The number of benzene rings is 2. The SMILES string of the molecule is Cc1ccc(-n2cc(CNCCSc3cn[nH]n3)c(-c3cccc(C)c3)n2)cc1. The van der Waals surface area contributed by atoms with Crippen LogP contribution in [0.3, 0.4) is 0 Å². The number of thioether (sulfide) groups is 1. The molecule has 0 radical (unpaired) electrons. The minimum atomic E-state index is 0.758. The van der Waals surface area contributed by atoms with E-state index in [0.717, 1.165) is 40.8 Å². The summed E-state index contributed by atoms with van der Waals surface area (Å²) in [6, 6.07) is 16.9. The van der Waals surface area contributed by atoms with Crippen LogP contribution in [0, 0.1) is 13.8 Å². The van der Waals surface area contributed by atoms with E-state index in [1.807, 2.05) is 4.68 Å². The summed E-state index contributed by atoms with van der Waals surface area (Å²) in [6.45, 7) is 5.84. The molecule has 0 saturated carbocycles. The van der Waals surface area contributed by atoms with Crippen LogP contribution in [-0.4, -0.2) is 37.5 Å². The summed E-state index contributed by atoms with van der Waals surface area (Å²) in [5.41, 5.74) is 6.89. The highest BCUT2D eigenvalue weighted by Gasteiger charge is 2.12. The van der Waals surface area contributed by atoms with Crippen LogP contribution in [0.25, 0.3) is 16.9 Å². The lowest BCUT2D eigenvalue weighted by molar-refractivity contribution is 0.732. The molecule has 2 heterocycles. The van der Waals surface area contributed by atoms with E-state index >= 15 is 0 Å². The topological polar surface area (TPSA) is 71.4 Å². The Morgan fingerprint density at radius 3 is 2.69 bits per heavy atom. The fourth-order valence-corrected chi connectivity index (χ4v) is 3.80. The van der Waals surface area contributed by atoms with Gasteiger partial charge in [-0.1, -0.05) is 41.5 Å². The summed E-state index contributed by atoms with van der Waals surface area (Å²) in [7, 11) is 0. The van der Waals surface area contributed by atoms with Gasteiger partial charge in [-0.05, 0) is 32.0 Å². The smallest absolute Gasteiger partial charge is 0.138 e. The number of hydrogen-bond donors (Lipinski definition) is 2. The third kappa shape index (κ3) is 4.93. The number of aromatic amines is 1. The molecule has 0 saturated heterocycles. The predicted octanol–water partition coefficient (Wildman–Crippen LogP) is 4.16. The molecular formula is C22H24N6S. The molecule has 0 fully saturated rings. The maximum Gasteiger partial charge on any atom is 0.138 e. The lowest BCUT2D eigenvalue weighted by Gasteiger charge is -2.05. The maximum atomic E-state index is 4.91. The van der Waals surface area contributed by atoms with Gasteiger partial charge >= 0.3 is 0 Å². The highest BCUT2D eigenvalue weighted by atomic mass is 32.2. The number of nitrogens with zero attached hydrogens (tertiary/aromatic N) is 4. The van der Waals surface area contributed by atoms with Gasteiger partial charge in [-0.25, -0.2) is 4.68 Å². The van der Waals surface area contributed by atoms with Crippen LogP contribution in [0.4, 0.5) is 0 Å². The molecule has 0 spiro atoms. The van der Waals surface area contributed by atoms with Crippen molar-refractivity contribution in [3.63, 3.8) is 0 Å². The Bertz CT molecular complexity index is 1050. The second kappa shape index (κ2) is 9.07. The third-order valence-corrected chi connectivity index (χ3v) is 5.52. The summed E-state index contributed by atoms with van der Waals surface area (Å²) >= 11 is 1.68. The molecule has 2 aromatic heterocycles. The average molecular weight is 405 g/mol. The summed E-state index contributed by atoms with van der Waals surface area (Å²) in [5, 5.41) is 19.9. The zero-order valence-corrected chi connectivity index (χ0v) is 17.4. The molecule has 6 nitrogen and oxygen atoms in total. The zero-order chi connectivity index (χ0) is 20.1. The summed E-state index contributed by atoms with van der Waals surface area (Å²) in [5.74, 6) is 0.929. The van der Waals surface area contributed by atoms with Gasteiger partial charge in [0.15, 0.2) is 0 Å². The Hall–Kier alpha value is -2.90. The number of aryl methyl sites for hydroxylation is 2. The molecular weight excluding hydrogens is 380 g/mol. The van der Waals surface area contributed by atoms with Crippen molar-refractivity contribution >= 4 is 11.8 Å². The van der Waals surface area contributed by atoms with Crippen LogP contribution in [-0.2, 0) is 6.54 Å². The molecule has 0 atom stereocenters. The van der Waals surface area contributed by atoms with Gasteiger partial charge in [0.1, 0.15) is 5.03 Å². The molecule has 148 valence electrons. The van der Waals surface area contributed by atoms with Crippen LogP contribution in [0.2, 0.25) is 0 Å². The van der Waals surface area contributed by atoms with Gasteiger partial charge in [0, 0.05) is 36.2 Å². The van der Waals surface area contributed by atoms with Crippen molar-refractivity contribution in [2.75, 3.05) is 12.3 Å². The Kier molecular flexibility index (Phi) is 6.07. The molecule has 7 heteroatoms. The van der Waals surface area contributed by atoms with Crippen LogP contribution in [0.1, 0.15) is 16.7 Å². The van der Waals surface area contributed by atoms with E-state index in [9.17, 15) is 0 Å². The van der Waals surface area contributed by atoms with Crippen molar-refractivity contribution in [3.8, 4) is 16.9 Å². The van der Waals surface area contributed by atoms with E-state index in [4.69, 9.17) is 5.10 Å². The molecule has 29 heavy (non-hydrogen) atoms. The van der Waals surface area contributed by atoms with Crippen molar-refractivity contribution in [1.82, 2.24) is 30.5 Å². The van der Waals surface area contributed by atoms with Gasteiger partial charge in [-0.15, -0.1) is 16.9 Å². The molecule has 4 rings (SSSR count). The Labute approximate surface area is 174 Å². The fourth-order valence-electron chi connectivity index (χ4n) is 3.12. The van der Waals surface area contributed by atoms with Crippen LogP contribution < -0.4 is 5.32 Å². The van der Waals surface area contributed by atoms with Gasteiger partial charge in [-0.2, -0.15) is 15.4 Å². The molecule has 4 aromatic rings. The van der Waals surface area contributed by atoms with E-state index in [-0.39, 0.29) is 0 Å². The van der Waals surface area contributed by atoms with Gasteiger partial charge in [0.05, 0.1) is 17.6 Å². The van der Waals surface area contributed by atoms with Crippen molar-refractivity contribution in [3.05, 3.63) is 77.6 Å². The third-order valence-electron chi connectivity index (χ3n) is 4.62. The first-order chi connectivity index (χ1) is 14.2. The van der Waals surface area contributed by atoms with Crippen molar-refractivity contribution in [2.45, 2.75) is 25.4 Å². The maximum absolute atomic E-state index is 4.91. The number of rotatable bonds is 8. The minimum absolute atomic E-state index is 0.758. The quantitative estimate of drug-likeness (QED) is 0.341. The predicted molar refractivity (Wildman–Crippen MR) is 117 cm³/mol. The summed E-state index contributed by atoms with van der Waals surface area (Å²) in [4.78, 5) is 0. The van der Waals surface area contributed by atoms with Gasteiger partial charge in [-0.3, -0.25) is 0 Å². The molecule has 0 aliphatic heterocycles. The standard InChI is InChI=1S/C22H24N6S/c1-16-6-8-20(9-7-16)28-15-19(13-23-10-11-29-21-14-24-27-25-21)22(26-28)18-5-3-4-17(2)12-18/h3-9,12,14-15,23H,10-11,13H2,1-2H3,(H,24,25,27). The normalized spacial score (nSPS) is 11.1. The van der Waals surface area contributed by atoms with Crippen LogP contribution in [0.15, 0.2) is 66.0 Å². The van der Waals surface area contributed by atoms with E-state index in [1.54, 1.807) is 18.0 Å². The van der Waals surface area contributed by atoms with Crippen LogP contribution >= 0.6 is 11.8 Å². The molecule has 0 aliphatic rings. The average Bonchev–Trinajstić information content (AvgIpc) is 3.38. The molecule has 0 bridgehead atoms. The molecule has 2 N–H and O–H groups in total. The monoisotopic (exact) mass is 404 g/mol. The molecule has 0 amide bonds. The number of H-pyrrole nitrogens is 1. The van der Waals surface area contributed by atoms with E-state index in [1.165, 1.54) is 16.7 Å². The largest absolute Gasteiger partial charge is 0.312 e. The van der Waals surface area contributed by atoms with Gasteiger partial charge in [0.25, 0.3) is 0 Å². The molecule has 0 aliphatic carbocycles. The second-order valence-electron chi connectivity index (χ2n) is 6.99. The Morgan fingerprint density at radius 2 is 1.93 bits per heavy atom. The highest BCUT2D eigenvalue weighted by molar-refractivity contribution is 7.99. The second-order valence-corrected chi connectivity index (χ2v) is 8.10. The first-order valence-corrected chi connectivity index (χ1v) is 10.6. The summed E-state index contributed by atoms with van der Waals surface area (Å²) in [6.07, 6.45) is 3.87. The lowest BCUT2D eigenvalue weighted by Crippen LogP contribution is -2.16. The van der Waals surface area contributed by atoms with Crippen LogP contribution in [0.5, 0.6) is 0 Å². The highest BCUT2D eigenvalue weighted by Crippen LogP contribution is 2.25. The lowest BCUT2D eigenvalue weighted by atomic mass is 10.1. The zero-order valence-electron chi connectivity index (χ0n) is 16.6. The van der Waals surface area contributed by atoms with Crippen molar-refractivity contribution in [2.24, 2.45) is 0 Å². The van der Waals surface area contributed by atoms with Crippen molar-refractivity contribution in [1.29, 1.82) is 0 Å². The number of hydrogen-bond acceptors (Lipinski definition) is 5. The fraction of sp³-hybridized carbons (Fsp3) is 0.227. The van der Waals surface area contributed by atoms with Gasteiger partial charge < -0.3 is 5.32 Å². The molecule has 2 aromatic carbocycles. The number of nitrogens with one attached hydrogen (secondary N) is 2. The molecule has 0 unspecified atom stereocenters.